The zero-order valence-electron chi connectivity index (χ0n) is 19.1. The molecule has 1 amide bonds. The Morgan fingerprint density at radius 3 is 2.43 bits per heavy atom. The summed E-state index contributed by atoms with van der Waals surface area (Å²) in [5, 5.41) is 10.7. The first-order chi connectivity index (χ1) is 17.0. The predicted molar refractivity (Wildman–Crippen MR) is 136 cm³/mol. The fourth-order valence-corrected chi connectivity index (χ4v) is 3.44. The van der Waals surface area contributed by atoms with Gasteiger partial charge in [-0.2, -0.15) is 9.78 Å². The van der Waals surface area contributed by atoms with Gasteiger partial charge in [-0.1, -0.05) is 17.7 Å². The van der Waals surface area contributed by atoms with Gasteiger partial charge in [0.1, 0.15) is 11.5 Å². The topological polar surface area (TPSA) is 94.5 Å². The van der Waals surface area contributed by atoms with Crippen molar-refractivity contribution in [2.75, 3.05) is 19.0 Å². The predicted octanol–water partition coefficient (Wildman–Crippen LogP) is 5.18. The first-order valence-corrected chi connectivity index (χ1v) is 11.2. The highest BCUT2D eigenvalue weighted by atomic mass is 35.5. The summed E-state index contributed by atoms with van der Waals surface area (Å²) in [5.41, 5.74) is 1.26. The third-order valence-electron chi connectivity index (χ3n) is 5.03. The fraction of sp³-hybridized carbons (Fsp3) is 0.115. The number of ether oxygens (including phenoxy) is 2. The van der Waals surface area contributed by atoms with Crippen molar-refractivity contribution in [2.45, 2.75) is 6.92 Å². The number of nitrogens with one attached hydrogen (secondary N) is 2. The van der Waals surface area contributed by atoms with Gasteiger partial charge in [0.05, 0.1) is 19.0 Å². The third-order valence-corrected chi connectivity index (χ3v) is 5.28. The molecule has 35 heavy (non-hydrogen) atoms. The van der Waals surface area contributed by atoms with Crippen molar-refractivity contribution in [1.82, 2.24) is 15.1 Å². The smallest absolute Gasteiger partial charge is 0.299 e. The van der Waals surface area contributed by atoms with Crippen LogP contribution < -0.4 is 25.7 Å². The van der Waals surface area contributed by atoms with Crippen LogP contribution in [0.5, 0.6) is 17.2 Å². The molecule has 0 aliphatic rings. The summed E-state index contributed by atoms with van der Waals surface area (Å²) in [7, 11) is 1.57. The SMILES string of the molecule is CCNC(=O)c1cccc(Nc2c(Oc3ccc(Cl)cc3)cnn(-c3ccc(OC)cc3)c2=O)c1. The van der Waals surface area contributed by atoms with E-state index >= 15 is 0 Å². The van der Waals surface area contributed by atoms with Crippen molar-refractivity contribution < 1.29 is 14.3 Å². The van der Waals surface area contributed by atoms with Crippen LogP contribution in [0.4, 0.5) is 11.4 Å². The van der Waals surface area contributed by atoms with E-state index in [1.54, 1.807) is 79.9 Å². The highest BCUT2D eigenvalue weighted by Gasteiger charge is 2.16. The molecular formula is C26H23ClN4O4. The zero-order chi connectivity index (χ0) is 24.8. The van der Waals surface area contributed by atoms with Crippen molar-refractivity contribution in [1.29, 1.82) is 0 Å². The standard InChI is InChI=1S/C26H23ClN4O4/c1-3-28-25(32)17-5-4-6-19(15-17)30-24-23(35-22-11-7-18(27)8-12-22)16-29-31(26(24)33)20-9-13-21(34-2)14-10-20/h4-16,30H,3H2,1-2H3,(H,28,32). The maximum atomic E-state index is 13.5. The Kier molecular flexibility index (Phi) is 7.32. The average molecular weight is 491 g/mol. The van der Waals surface area contributed by atoms with Gasteiger partial charge in [-0.15, -0.1) is 0 Å². The molecule has 0 fully saturated rings. The molecule has 0 aliphatic heterocycles. The van der Waals surface area contributed by atoms with Crippen molar-refractivity contribution in [3.05, 3.63) is 99.9 Å². The molecule has 178 valence electrons. The van der Waals surface area contributed by atoms with E-state index in [0.29, 0.717) is 40.0 Å². The molecule has 0 bridgehead atoms. The molecule has 0 radical (unpaired) electrons. The Balaban J connectivity index is 1.76. The minimum atomic E-state index is -0.440. The van der Waals surface area contributed by atoms with Gasteiger partial charge in [0.15, 0.2) is 11.4 Å². The number of anilines is 2. The molecule has 8 nitrogen and oxygen atoms in total. The minimum Gasteiger partial charge on any atom is -0.497 e. The Labute approximate surface area is 207 Å². The summed E-state index contributed by atoms with van der Waals surface area (Å²) >= 11 is 5.98. The lowest BCUT2D eigenvalue weighted by Crippen LogP contribution is -2.24. The Hall–Kier alpha value is -4.30. The second kappa shape index (κ2) is 10.8. The van der Waals surface area contributed by atoms with Gasteiger partial charge in [0.25, 0.3) is 11.5 Å². The van der Waals surface area contributed by atoms with Crippen LogP contribution in [0.15, 0.2) is 83.8 Å². The number of benzene rings is 3. The first kappa shape index (κ1) is 23.8. The van der Waals surface area contributed by atoms with Gasteiger partial charge < -0.3 is 20.1 Å². The van der Waals surface area contributed by atoms with Crippen molar-refractivity contribution >= 4 is 28.9 Å². The van der Waals surface area contributed by atoms with Crippen LogP contribution in [0.1, 0.15) is 17.3 Å². The Morgan fingerprint density at radius 1 is 1.03 bits per heavy atom. The Morgan fingerprint density at radius 2 is 1.74 bits per heavy atom. The van der Waals surface area contributed by atoms with Gasteiger partial charge >= 0.3 is 0 Å². The van der Waals surface area contributed by atoms with E-state index in [0.717, 1.165) is 0 Å². The molecule has 2 N–H and O–H groups in total. The molecule has 0 unspecified atom stereocenters. The molecule has 0 saturated heterocycles. The van der Waals surface area contributed by atoms with Crippen molar-refractivity contribution in [3.8, 4) is 22.9 Å². The monoisotopic (exact) mass is 490 g/mol. The summed E-state index contributed by atoms with van der Waals surface area (Å²) < 4.78 is 12.4. The van der Waals surface area contributed by atoms with Gasteiger partial charge in [0.2, 0.25) is 0 Å². The summed E-state index contributed by atoms with van der Waals surface area (Å²) in [6, 6.07) is 20.5. The van der Waals surface area contributed by atoms with E-state index in [9.17, 15) is 9.59 Å². The van der Waals surface area contributed by atoms with Crippen LogP contribution in [-0.2, 0) is 0 Å². The maximum Gasteiger partial charge on any atom is 0.299 e. The van der Waals surface area contributed by atoms with Crippen molar-refractivity contribution in [3.63, 3.8) is 0 Å². The van der Waals surface area contributed by atoms with E-state index < -0.39 is 5.56 Å². The summed E-state index contributed by atoms with van der Waals surface area (Å²) in [5.74, 6) is 1.14. The zero-order valence-corrected chi connectivity index (χ0v) is 19.9. The lowest BCUT2D eigenvalue weighted by Gasteiger charge is -2.15. The second-order valence-corrected chi connectivity index (χ2v) is 7.86. The lowest BCUT2D eigenvalue weighted by molar-refractivity contribution is 0.0956. The number of nitrogens with zero attached hydrogens (tertiary/aromatic N) is 2. The molecule has 3 aromatic carbocycles. The van der Waals surface area contributed by atoms with E-state index in [4.69, 9.17) is 21.1 Å². The summed E-state index contributed by atoms with van der Waals surface area (Å²) in [4.78, 5) is 25.8. The number of hydrogen-bond donors (Lipinski definition) is 2. The fourth-order valence-electron chi connectivity index (χ4n) is 3.31. The van der Waals surface area contributed by atoms with E-state index in [-0.39, 0.29) is 17.3 Å². The van der Waals surface area contributed by atoms with Crippen LogP contribution in [0.3, 0.4) is 0 Å². The van der Waals surface area contributed by atoms with Gasteiger partial charge in [-0.05, 0) is 73.7 Å². The van der Waals surface area contributed by atoms with Crippen LogP contribution >= 0.6 is 11.6 Å². The normalized spacial score (nSPS) is 10.5. The number of halogens is 1. The molecule has 0 spiro atoms. The number of methoxy groups -OCH3 is 1. The molecule has 1 heterocycles. The number of amides is 1. The molecule has 0 saturated carbocycles. The minimum absolute atomic E-state index is 0.152. The second-order valence-electron chi connectivity index (χ2n) is 7.42. The highest BCUT2D eigenvalue weighted by Crippen LogP contribution is 2.30. The number of hydrogen-bond acceptors (Lipinski definition) is 6. The largest absolute Gasteiger partial charge is 0.497 e. The van der Waals surface area contributed by atoms with Crippen LogP contribution in [-0.4, -0.2) is 29.3 Å². The summed E-state index contributed by atoms with van der Waals surface area (Å²) in [6.45, 7) is 2.35. The number of carbonyl (C=O) groups excluding carboxylic acids is 1. The lowest BCUT2D eigenvalue weighted by atomic mass is 10.2. The van der Waals surface area contributed by atoms with Crippen LogP contribution in [0, 0.1) is 0 Å². The average Bonchev–Trinajstić information content (AvgIpc) is 2.88. The number of carbonyl (C=O) groups is 1. The number of aromatic nitrogens is 2. The molecule has 9 heteroatoms. The van der Waals surface area contributed by atoms with Crippen LogP contribution in [0.25, 0.3) is 5.69 Å². The molecule has 0 aliphatic carbocycles. The Bertz CT molecular complexity index is 1390. The molecule has 4 rings (SSSR count). The third kappa shape index (κ3) is 5.62. The quantitative estimate of drug-likeness (QED) is 0.353. The van der Waals surface area contributed by atoms with Crippen LogP contribution in [0.2, 0.25) is 5.02 Å². The highest BCUT2D eigenvalue weighted by molar-refractivity contribution is 6.30. The molecular weight excluding hydrogens is 468 g/mol. The van der Waals surface area contributed by atoms with E-state index in [1.807, 2.05) is 6.92 Å². The van der Waals surface area contributed by atoms with Gasteiger partial charge in [-0.3, -0.25) is 9.59 Å². The van der Waals surface area contributed by atoms with E-state index in [2.05, 4.69) is 15.7 Å². The van der Waals surface area contributed by atoms with Crippen molar-refractivity contribution in [2.24, 2.45) is 0 Å². The maximum absolute atomic E-state index is 13.5. The first-order valence-electron chi connectivity index (χ1n) is 10.8. The molecule has 0 atom stereocenters. The van der Waals surface area contributed by atoms with E-state index in [1.165, 1.54) is 10.9 Å². The van der Waals surface area contributed by atoms with Gasteiger partial charge in [-0.25, -0.2) is 0 Å². The summed E-state index contributed by atoms with van der Waals surface area (Å²) in [6.07, 6.45) is 1.45. The number of rotatable bonds is 8. The molecule has 1 aromatic heterocycles. The molecule has 4 aromatic rings. The van der Waals surface area contributed by atoms with Gasteiger partial charge in [0, 0.05) is 22.8 Å².